The van der Waals surface area contributed by atoms with E-state index in [1.165, 1.54) is 0 Å². The molecule has 1 aromatic carbocycles. The van der Waals surface area contributed by atoms with Gasteiger partial charge in [-0.1, -0.05) is 27.7 Å². The van der Waals surface area contributed by atoms with Crippen LogP contribution in [0.5, 0.6) is 0 Å². The van der Waals surface area contributed by atoms with Crippen LogP contribution in [0.15, 0.2) is 41.5 Å². The van der Waals surface area contributed by atoms with Crippen molar-refractivity contribution in [2.24, 2.45) is 0 Å². The number of aromatic amines is 1. The first-order valence-electron chi connectivity index (χ1n) is 6.42. The lowest BCUT2D eigenvalue weighted by Crippen LogP contribution is -2.15. The van der Waals surface area contributed by atoms with E-state index in [0.717, 1.165) is 16.2 Å². The molecule has 9 heteroatoms. The zero-order chi connectivity index (χ0) is 16.6. The summed E-state index contributed by atoms with van der Waals surface area (Å²) in [6, 6.07) is 5.10. The second-order valence-corrected chi connectivity index (χ2v) is 7.38. The molecule has 0 atom stereocenters. The molecular formula is C14H9Br2N3O3S. The molecule has 0 saturated heterocycles. The molecule has 3 rings (SSSR count). The largest absolute Gasteiger partial charge is 0.421 e. The Morgan fingerprint density at radius 1 is 1.35 bits per heavy atom. The maximum absolute atomic E-state index is 12.3. The molecule has 2 aromatic heterocycles. The van der Waals surface area contributed by atoms with Gasteiger partial charge in [0.05, 0.1) is 10.2 Å². The van der Waals surface area contributed by atoms with Crippen molar-refractivity contribution in [2.75, 3.05) is 5.75 Å². The van der Waals surface area contributed by atoms with E-state index in [2.05, 4.69) is 47.0 Å². The Hall–Kier alpha value is -1.45. The fourth-order valence-electron chi connectivity index (χ4n) is 1.95. The van der Waals surface area contributed by atoms with Gasteiger partial charge in [0.2, 0.25) is 5.16 Å². The van der Waals surface area contributed by atoms with Crippen LogP contribution in [0.1, 0.15) is 16.2 Å². The Labute approximate surface area is 151 Å². The quantitative estimate of drug-likeness (QED) is 0.364. The summed E-state index contributed by atoms with van der Waals surface area (Å²) < 4.78 is 6.72. The molecule has 0 radical (unpaired) electrons. The number of H-pyrrole nitrogens is 1. The van der Waals surface area contributed by atoms with Crippen molar-refractivity contribution >= 4 is 60.4 Å². The molecule has 2 heterocycles. The zero-order valence-corrected chi connectivity index (χ0v) is 15.7. The highest BCUT2D eigenvalue weighted by atomic mass is 79.9. The summed E-state index contributed by atoms with van der Waals surface area (Å²) in [4.78, 5) is 28.5. The molecule has 1 N–H and O–H groups in total. The van der Waals surface area contributed by atoms with Crippen LogP contribution < -0.4 is 5.63 Å². The number of nitrogens with zero attached hydrogens (tertiary/aromatic N) is 2. The Bertz CT molecular complexity index is 968. The summed E-state index contributed by atoms with van der Waals surface area (Å²) in [5, 5.41) is 7.76. The summed E-state index contributed by atoms with van der Waals surface area (Å²) in [7, 11) is 0. The fraction of sp³-hybridized carbons (Fsp3) is 0.143. The van der Waals surface area contributed by atoms with Gasteiger partial charge in [0.1, 0.15) is 11.4 Å². The molecule has 6 nitrogen and oxygen atoms in total. The molecule has 0 fully saturated rings. The molecule has 3 aromatic rings. The number of carbonyl (C=O) groups is 1. The third-order valence-electron chi connectivity index (χ3n) is 2.96. The van der Waals surface area contributed by atoms with E-state index < -0.39 is 5.63 Å². The van der Waals surface area contributed by atoms with E-state index in [1.54, 1.807) is 25.1 Å². The number of ketones is 1. The van der Waals surface area contributed by atoms with E-state index in [0.29, 0.717) is 26.4 Å². The van der Waals surface area contributed by atoms with Crippen LogP contribution in [0, 0.1) is 6.92 Å². The minimum atomic E-state index is -0.655. The summed E-state index contributed by atoms with van der Waals surface area (Å²) in [5.74, 6) is 0.395. The van der Waals surface area contributed by atoms with Crippen LogP contribution in [-0.4, -0.2) is 26.7 Å². The average molecular weight is 459 g/mol. The van der Waals surface area contributed by atoms with Crippen molar-refractivity contribution in [3.8, 4) is 0 Å². The highest BCUT2D eigenvalue weighted by Crippen LogP contribution is 2.28. The van der Waals surface area contributed by atoms with Gasteiger partial charge in [-0.25, -0.2) is 9.78 Å². The molecular weight excluding hydrogens is 450 g/mol. The van der Waals surface area contributed by atoms with Gasteiger partial charge in [0, 0.05) is 9.86 Å². The first kappa shape index (κ1) is 16.4. The molecule has 0 aliphatic rings. The van der Waals surface area contributed by atoms with E-state index in [1.807, 2.05) is 0 Å². The highest BCUT2D eigenvalue weighted by Gasteiger charge is 2.16. The van der Waals surface area contributed by atoms with Crippen LogP contribution in [0.25, 0.3) is 11.0 Å². The number of halogens is 2. The fourth-order valence-corrected chi connectivity index (χ4v) is 4.01. The predicted molar refractivity (Wildman–Crippen MR) is 94.1 cm³/mol. The second kappa shape index (κ2) is 6.58. The van der Waals surface area contributed by atoms with Gasteiger partial charge in [-0.15, -0.1) is 5.10 Å². The predicted octanol–water partition coefficient (Wildman–Crippen LogP) is 3.72. The first-order valence-corrected chi connectivity index (χ1v) is 8.99. The van der Waals surface area contributed by atoms with Crippen molar-refractivity contribution in [2.45, 2.75) is 12.1 Å². The van der Waals surface area contributed by atoms with Gasteiger partial charge in [-0.3, -0.25) is 9.89 Å². The second-order valence-electron chi connectivity index (χ2n) is 4.67. The van der Waals surface area contributed by atoms with Gasteiger partial charge >= 0.3 is 5.63 Å². The Balaban J connectivity index is 1.91. The lowest BCUT2D eigenvalue weighted by Gasteiger charge is -2.03. The number of nitrogens with one attached hydrogen (secondary N) is 1. The van der Waals surface area contributed by atoms with Crippen molar-refractivity contribution in [1.82, 2.24) is 15.2 Å². The SMILES string of the molecule is Cc1nc(SCC(=O)c2cc3cc(Br)cc(Br)c3oc2=O)n[nH]1. The molecule has 0 aliphatic heterocycles. The minimum absolute atomic E-state index is 0.0160. The lowest BCUT2D eigenvalue weighted by atomic mass is 10.1. The molecule has 118 valence electrons. The number of thioether (sulfide) groups is 1. The molecule has 0 spiro atoms. The number of aryl methyl sites for hydroxylation is 1. The average Bonchev–Trinajstić information content (AvgIpc) is 2.90. The number of carbonyl (C=O) groups excluding carboxylic acids is 1. The van der Waals surface area contributed by atoms with Gasteiger partial charge in [0.25, 0.3) is 0 Å². The smallest absolute Gasteiger partial charge is 0.347 e. The zero-order valence-electron chi connectivity index (χ0n) is 11.7. The molecule has 23 heavy (non-hydrogen) atoms. The van der Waals surface area contributed by atoms with Crippen LogP contribution in [-0.2, 0) is 0 Å². The normalized spacial score (nSPS) is 11.1. The minimum Gasteiger partial charge on any atom is -0.421 e. The summed E-state index contributed by atoms with van der Waals surface area (Å²) in [6.45, 7) is 1.77. The number of aromatic nitrogens is 3. The molecule has 0 amide bonds. The van der Waals surface area contributed by atoms with Gasteiger partial charge in [0.15, 0.2) is 11.4 Å². The summed E-state index contributed by atoms with van der Waals surface area (Å²) in [5.41, 5.74) is -0.230. The molecule has 0 unspecified atom stereocenters. The molecule has 0 aliphatic carbocycles. The third kappa shape index (κ3) is 3.56. The molecule has 0 bridgehead atoms. The highest BCUT2D eigenvalue weighted by molar-refractivity contribution is 9.11. The van der Waals surface area contributed by atoms with Crippen molar-refractivity contribution < 1.29 is 9.21 Å². The third-order valence-corrected chi connectivity index (χ3v) is 4.86. The van der Waals surface area contributed by atoms with Crippen molar-refractivity contribution in [1.29, 1.82) is 0 Å². The first-order chi connectivity index (χ1) is 10.9. The van der Waals surface area contributed by atoms with Gasteiger partial charge < -0.3 is 4.42 Å². The maximum atomic E-state index is 12.3. The van der Waals surface area contributed by atoms with Crippen LogP contribution in [0.3, 0.4) is 0 Å². The number of hydrogen-bond donors (Lipinski definition) is 1. The standard InChI is InChI=1S/C14H9Br2N3O3S/c1-6-17-14(19-18-6)23-5-11(20)9-3-7-2-8(15)4-10(16)12(7)22-13(9)21/h2-4H,5H2,1H3,(H,17,18,19). The lowest BCUT2D eigenvalue weighted by molar-refractivity contribution is 0.101. The monoisotopic (exact) mass is 457 g/mol. The van der Waals surface area contributed by atoms with Crippen LogP contribution >= 0.6 is 43.6 Å². The Morgan fingerprint density at radius 2 is 2.13 bits per heavy atom. The Kier molecular flexibility index (Phi) is 4.69. The topological polar surface area (TPSA) is 88.8 Å². The molecule has 0 saturated carbocycles. The summed E-state index contributed by atoms with van der Waals surface area (Å²) >= 11 is 7.87. The number of fused-ring (bicyclic) bond motifs is 1. The number of rotatable bonds is 4. The van der Waals surface area contributed by atoms with E-state index >= 15 is 0 Å². The maximum Gasteiger partial charge on any atom is 0.347 e. The van der Waals surface area contributed by atoms with E-state index in [9.17, 15) is 9.59 Å². The van der Waals surface area contributed by atoms with Crippen molar-refractivity contribution in [3.63, 3.8) is 0 Å². The number of hydrogen-bond acceptors (Lipinski definition) is 6. The Morgan fingerprint density at radius 3 is 2.83 bits per heavy atom. The van der Waals surface area contributed by atoms with Gasteiger partial charge in [-0.2, -0.15) is 0 Å². The van der Waals surface area contributed by atoms with E-state index in [4.69, 9.17) is 4.42 Å². The number of Topliss-reactive ketones (excluding diaryl/α,β-unsaturated/α-hetero) is 1. The number of benzene rings is 1. The van der Waals surface area contributed by atoms with Crippen molar-refractivity contribution in [3.05, 3.63) is 49.0 Å². The van der Waals surface area contributed by atoms with Crippen LogP contribution in [0.2, 0.25) is 0 Å². The van der Waals surface area contributed by atoms with E-state index in [-0.39, 0.29) is 17.1 Å². The summed E-state index contributed by atoms with van der Waals surface area (Å²) in [6.07, 6.45) is 0. The van der Waals surface area contributed by atoms with Gasteiger partial charge in [-0.05, 0) is 41.1 Å². The van der Waals surface area contributed by atoms with Crippen LogP contribution in [0.4, 0.5) is 0 Å².